The average molecular weight is 262 g/mol. The summed E-state index contributed by atoms with van der Waals surface area (Å²) in [6, 6.07) is 7.94. The van der Waals surface area contributed by atoms with Crippen LogP contribution >= 0.6 is 11.6 Å². The van der Waals surface area contributed by atoms with E-state index in [0.717, 1.165) is 18.1 Å². The fourth-order valence-electron chi connectivity index (χ4n) is 2.57. The molecule has 3 rings (SSSR count). The summed E-state index contributed by atoms with van der Waals surface area (Å²) in [6.45, 7) is 2.16. The van der Waals surface area contributed by atoms with Gasteiger partial charge in [-0.25, -0.2) is 0 Å². The highest BCUT2D eigenvalue weighted by molar-refractivity contribution is 6.30. The number of benzene rings is 1. The maximum atomic E-state index is 5.93. The number of halogens is 1. The molecule has 1 aromatic carbocycles. The molecule has 1 unspecified atom stereocenters. The molecule has 1 aliphatic heterocycles. The van der Waals surface area contributed by atoms with Gasteiger partial charge in [-0.05, 0) is 37.1 Å². The van der Waals surface area contributed by atoms with Gasteiger partial charge in [-0.1, -0.05) is 23.7 Å². The highest BCUT2D eigenvalue weighted by Gasteiger charge is 2.20. The summed E-state index contributed by atoms with van der Waals surface area (Å²) < 4.78 is 0. The van der Waals surface area contributed by atoms with Crippen molar-refractivity contribution in [2.24, 2.45) is 0 Å². The van der Waals surface area contributed by atoms with Gasteiger partial charge >= 0.3 is 0 Å². The first-order valence-electron chi connectivity index (χ1n) is 6.34. The highest BCUT2D eigenvalue weighted by Crippen LogP contribution is 2.31. The summed E-state index contributed by atoms with van der Waals surface area (Å²) in [7, 11) is 0. The molecule has 4 heteroatoms. The van der Waals surface area contributed by atoms with Gasteiger partial charge in [-0.15, -0.1) is 0 Å². The zero-order chi connectivity index (χ0) is 12.4. The van der Waals surface area contributed by atoms with Crippen molar-refractivity contribution in [1.82, 2.24) is 15.5 Å². The van der Waals surface area contributed by atoms with Crippen LogP contribution in [0, 0.1) is 0 Å². The van der Waals surface area contributed by atoms with E-state index >= 15 is 0 Å². The predicted molar refractivity (Wildman–Crippen MR) is 73.9 cm³/mol. The summed E-state index contributed by atoms with van der Waals surface area (Å²) in [6.07, 6.45) is 4.35. The van der Waals surface area contributed by atoms with E-state index in [2.05, 4.69) is 15.5 Å². The van der Waals surface area contributed by atoms with Gasteiger partial charge in [0, 0.05) is 28.7 Å². The van der Waals surface area contributed by atoms with Gasteiger partial charge in [0.25, 0.3) is 0 Å². The van der Waals surface area contributed by atoms with Crippen LogP contribution in [0.1, 0.15) is 24.5 Å². The number of hydrogen-bond acceptors (Lipinski definition) is 2. The van der Waals surface area contributed by atoms with E-state index in [1.165, 1.54) is 29.7 Å². The first kappa shape index (κ1) is 11.8. The maximum Gasteiger partial charge on any atom is 0.0568 e. The predicted octanol–water partition coefficient (Wildman–Crippen LogP) is 3.20. The molecule has 1 atom stereocenters. The zero-order valence-corrected chi connectivity index (χ0v) is 10.9. The zero-order valence-electron chi connectivity index (χ0n) is 10.1. The Bertz CT molecular complexity index is 512. The first-order valence-corrected chi connectivity index (χ1v) is 6.72. The topological polar surface area (TPSA) is 40.7 Å². The lowest BCUT2D eigenvalue weighted by Gasteiger charge is -2.22. The number of piperidine rings is 1. The lowest BCUT2D eigenvalue weighted by atomic mass is 9.91. The van der Waals surface area contributed by atoms with E-state index in [1.807, 2.05) is 30.5 Å². The molecule has 2 aromatic rings. The summed E-state index contributed by atoms with van der Waals surface area (Å²) >= 11 is 5.93. The largest absolute Gasteiger partial charge is 0.316 e. The molecule has 0 bridgehead atoms. The molecule has 1 aromatic heterocycles. The number of rotatable bonds is 2. The molecule has 0 aliphatic carbocycles. The number of H-pyrrole nitrogens is 1. The third-order valence-electron chi connectivity index (χ3n) is 3.53. The van der Waals surface area contributed by atoms with Crippen molar-refractivity contribution in [1.29, 1.82) is 0 Å². The fraction of sp³-hybridized carbons (Fsp3) is 0.357. The van der Waals surface area contributed by atoms with Gasteiger partial charge in [-0.2, -0.15) is 5.10 Å². The van der Waals surface area contributed by atoms with Crippen molar-refractivity contribution in [2.75, 3.05) is 13.1 Å². The number of nitrogens with one attached hydrogen (secondary N) is 2. The van der Waals surface area contributed by atoms with Crippen LogP contribution in [-0.2, 0) is 0 Å². The van der Waals surface area contributed by atoms with E-state index < -0.39 is 0 Å². The Morgan fingerprint density at radius 1 is 1.22 bits per heavy atom. The van der Waals surface area contributed by atoms with Gasteiger partial charge in [0.15, 0.2) is 0 Å². The SMILES string of the molecule is Clc1ccc(-c2cn[nH]c2C2CCCNC2)cc1. The van der Waals surface area contributed by atoms with Gasteiger partial charge in [0.2, 0.25) is 0 Å². The van der Waals surface area contributed by atoms with Gasteiger partial charge in [-0.3, -0.25) is 5.10 Å². The number of hydrogen-bond donors (Lipinski definition) is 2. The molecular formula is C14H16ClN3. The van der Waals surface area contributed by atoms with Crippen molar-refractivity contribution in [3.05, 3.63) is 41.2 Å². The standard InChI is InChI=1S/C14H16ClN3/c15-12-5-3-10(4-6-12)13-9-17-18-14(13)11-2-1-7-16-8-11/h3-6,9,11,16H,1-2,7-8H2,(H,17,18). The first-order chi connectivity index (χ1) is 8.84. The molecule has 1 saturated heterocycles. The minimum Gasteiger partial charge on any atom is -0.316 e. The fourth-order valence-corrected chi connectivity index (χ4v) is 2.69. The second-order valence-electron chi connectivity index (χ2n) is 4.75. The van der Waals surface area contributed by atoms with Gasteiger partial charge < -0.3 is 5.32 Å². The molecular weight excluding hydrogens is 246 g/mol. The second-order valence-corrected chi connectivity index (χ2v) is 5.18. The molecule has 18 heavy (non-hydrogen) atoms. The van der Waals surface area contributed by atoms with Gasteiger partial charge in [0.1, 0.15) is 0 Å². The maximum absolute atomic E-state index is 5.93. The van der Waals surface area contributed by atoms with Crippen LogP contribution in [0.4, 0.5) is 0 Å². The van der Waals surface area contributed by atoms with Crippen molar-refractivity contribution in [3.63, 3.8) is 0 Å². The lowest BCUT2D eigenvalue weighted by molar-refractivity contribution is 0.455. The van der Waals surface area contributed by atoms with Crippen LogP contribution in [0.15, 0.2) is 30.5 Å². The molecule has 0 radical (unpaired) electrons. The van der Waals surface area contributed by atoms with Crippen LogP contribution < -0.4 is 5.32 Å². The number of nitrogens with zero attached hydrogens (tertiary/aromatic N) is 1. The smallest absolute Gasteiger partial charge is 0.0568 e. The highest BCUT2D eigenvalue weighted by atomic mass is 35.5. The summed E-state index contributed by atoms with van der Waals surface area (Å²) in [5.74, 6) is 0.534. The number of aromatic amines is 1. The van der Waals surface area contributed by atoms with Crippen LogP contribution in [0.25, 0.3) is 11.1 Å². The van der Waals surface area contributed by atoms with E-state index in [9.17, 15) is 0 Å². The lowest BCUT2D eigenvalue weighted by Crippen LogP contribution is -2.28. The summed E-state index contributed by atoms with van der Waals surface area (Å²) in [5.41, 5.74) is 3.61. The molecule has 0 saturated carbocycles. The molecule has 0 amide bonds. The Morgan fingerprint density at radius 3 is 2.78 bits per heavy atom. The quantitative estimate of drug-likeness (QED) is 0.872. The monoisotopic (exact) mass is 261 g/mol. The molecule has 1 aliphatic rings. The Balaban J connectivity index is 1.93. The summed E-state index contributed by atoms with van der Waals surface area (Å²) in [5, 5.41) is 11.6. The Kier molecular flexibility index (Phi) is 3.35. The van der Waals surface area contributed by atoms with Crippen LogP contribution in [0.5, 0.6) is 0 Å². The number of aromatic nitrogens is 2. The molecule has 1 fully saturated rings. The van der Waals surface area contributed by atoms with Crippen LogP contribution in [-0.4, -0.2) is 23.3 Å². The second kappa shape index (κ2) is 5.12. The molecule has 2 N–H and O–H groups in total. The molecule has 2 heterocycles. The normalized spacial score (nSPS) is 19.9. The van der Waals surface area contributed by atoms with E-state index in [4.69, 9.17) is 11.6 Å². The van der Waals surface area contributed by atoms with Gasteiger partial charge in [0.05, 0.1) is 6.20 Å². The van der Waals surface area contributed by atoms with E-state index in [1.54, 1.807) is 0 Å². The van der Waals surface area contributed by atoms with Crippen molar-refractivity contribution >= 4 is 11.6 Å². The van der Waals surface area contributed by atoms with E-state index in [0.29, 0.717) is 5.92 Å². The summed E-state index contributed by atoms with van der Waals surface area (Å²) in [4.78, 5) is 0. The molecule has 3 nitrogen and oxygen atoms in total. The van der Waals surface area contributed by atoms with Crippen LogP contribution in [0.3, 0.4) is 0 Å². The van der Waals surface area contributed by atoms with Crippen LogP contribution in [0.2, 0.25) is 5.02 Å². The Labute approximate surface area is 112 Å². The molecule has 94 valence electrons. The third-order valence-corrected chi connectivity index (χ3v) is 3.78. The van der Waals surface area contributed by atoms with Crippen molar-refractivity contribution in [2.45, 2.75) is 18.8 Å². The Morgan fingerprint density at radius 2 is 2.06 bits per heavy atom. The minimum atomic E-state index is 0.534. The van der Waals surface area contributed by atoms with Crippen molar-refractivity contribution in [3.8, 4) is 11.1 Å². The van der Waals surface area contributed by atoms with E-state index in [-0.39, 0.29) is 0 Å². The third kappa shape index (κ3) is 2.28. The molecule has 0 spiro atoms. The average Bonchev–Trinajstić information content (AvgIpc) is 2.90. The Hall–Kier alpha value is -1.32. The van der Waals surface area contributed by atoms with Crippen molar-refractivity contribution < 1.29 is 0 Å². The minimum absolute atomic E-state index is 0.534.